The highest BCUT2D eigenvalue weighted by Gasteiger charge is 2.43. The van der Waals surface area contributed by atoms with Gasteiger partial charge in [-0.25, -0.2) is 4.98 Å². The first kappa shape index (κ1) is 21.6. The topological polar surface area (TPSA) is 63.9 Å². The van der Waals surface area contributed by atoms with Gasteiger partial charge in [-0.2, -0.15) is 13.2 Å². The Labute approximate surface area is 189 Å². The molecule has 0 N–H and O–H groups in total. The number of benzene rings is 1. The van der Waals surface area contributed by atoms with Crippen LogP contribution >= 0.6 is 0 Å². The summed E-state index contributed by atoms with van der Waals surface area (Å²) in [5, 5.41) is 8.10. The predicted molar refractivity (Wildman–Crippen MR) is 116 cm³/mol. The summed E-state index contributed by atoms with van der Waals surface area (Å²) in [4.78, 5) is 19.3. The lowest BCUT2D eigenvalue weighted by atomic mass is 9.94. The van der Waals surface area contributed by atoms with Crippen LogP contribution in [0.5, 0.6) is 0 Å². The number of rotatable bonds is 5. The Morgan fingerprint density at radius 2 is 1.97 bits per heavy atom. The van der Waals surface area contributed by atoms with Gasteiger partial charge in [-0.05, 0) is 54.2 Å². The van der Waals surface area contributed by atoms with E-state index < -0.39 is 17.6 Å². The number of carbonyl (C=O) groups is 1. The molecule has 2 aromatic heterocycles. The molecule has 3 aromatic rings. The van der Waals surface area contributed by atoms with Crippen LogP contribution in [-0.4, -0.2) is 25.7 Å². The molecule has 2 aliphatic rings. The van der Waals surface area contributed by atoms with Gasteiger partial charge in [0, 0.05) is 30.1 Å². The zero-order chi connectivity index (χ0) is 23.5. The van der Waals surface area contributed by atoms with Crippen molar-refractivity contribution in [1.29, 1.82) is 0 Å². The molecule has 1 fully saturated rings. The zero-order valence-electron chi connectivity index (χ0n) is 18.6. The smallest absolute Gasteiger partial charge is 0.321 e. The number of aryl methyl sites for hydroxylation is 1. The number of pyridine rings is 1. The SMILES string of the molecule is CC(Cc1nncn1C)c1cc(N2Cc3c(cccc3C(F)(F)F)C2=O)nc(C2(C)CC2)c1. The monoisotopic (exact) mass is 455 g/mol. The molecule has 0 saturated heterocycles. The molecule has 1 atom stereocenters. The van der Waals surface area contributed by atoms with Gasteiger partial charge in [0.15, 0.2) is 0 Å². The number of aromatic nitrogens is 4. The molecular formula is C24H24F3N5O. The van der Waals surface area contributed by atoms with E-state index in [0.717, 1.165) is 36.0 Å². The Hall–Kier alpha value is -3.23. The van der Waals surface area contributed by atoms with Crippen molar-refractivity contribution in [2.24, 2.45) is 7.05 Å². The lowest BCUT2D eigenvalue weighted by Gasteiger charge is -2.21. The van der Waals surface area contributed by atoms with Crippen LogP contribution < -0.4 is 4.90 Å². The second-order valence-electron chi connectivity index (χ2n) is 9.39. The lowest BCUT2D eigenvalue weighted by Crippen LogP contribution is -2.25. The number of fused-ring (bicyclic) bond motifs is 1. The Kier molecular flexibility index (Phi) is 4.84. The third-order valence-electron chi connectivity index (χ3n) is 6.87. The van der Waals surface area contributed by atoms with Crippen molar-refractivity contribution in [3.8, 4) is 0 Å². The molecule has 3 heterocycles. The van der Waals surface area contributed by atoms with Crippen LogP contribution in [-0.2, 0) is 31.6 Å². The highest BCUT2D eigenvalue weighted by atomic mass is 19.4. The summed E-state index contributed by atoms with van der Waals surface area (Å²) in [6.07, 6.45) is -0.244. The Morgan fingerprint density at radius 3 is 2.61 bits per heavy atom. The molecule has 0 bridgehead atoms. The molecule has 6 nitrogen and oxygen atoms in total. The fourth-order valence-electron chi connectivity index (χ4n) is 4.38. The van der Waals surface area contributed by atoms with Crippen molar-refractivity contribution >= 4 is 11.7 Å². The fraction of sp³-hybridized carbons (Fsp3) is 0.417. The van der Waals surface area contributed by atoms with Crippen LogP contribution in [0.3, 0.4) is 0 Å². The summed E-state index contributed by atoms with van der Waals surface area (Å²) in [7, 11) is 1.88. The second-order valence-corrected chi connectivity index (χ2v) is 9.39. The standard InChI is InChI=1S/C24H24F3N5O/c1-14(9-21-30-28-13-31(21)3)15-10-19(23(2)7-8-23)29-20(11-15)32-12-17-16(22(32)33)5-4-6-18(17)24(25,26)27/h4-6,10-11,13-14H,7-9,12H2,1-3H3. The third kappa shape index (κ3) is 3.79. The summed E-state index contributed by atoms with van der Waals surface area (Å²) in [6.45, 7) is 4.04. The van der Waals surface area contributed by atoms with Gasteiger partial charge in [-0.3, -0.25) is 9.69 Å². The normalized spacial score (nSPS) is 17.9. The van der Waals surface area contributed by atoms with Crippen LogP contribution in [0.15, 0.2) is 36.7 Å². The molecule has 1 unspecified atom stereocenters. The minimum atomic E-state index is -4.52. The van der Waals surface area contributed by atoms with E-state index in [1.807, 2.05) is 17.7 Å². The number of nitrogens with zero attached hydrogens (tertiary/aromatic N) is 5. The van der Waals surface area contributed by atoms with Crippen LogP contribution in [0.1, 0.15) is 71.2 Å². The molecule has 1 amide bonds. The summed E-state index contributed by atoms with van der Waals surface area (Å²) < 4.78 is 42.5. The average molecular weight is 455 g/mol. The molecule has 1 aliphatic carbocycles. The minimum Gasteiger partial charge on any atom is -0.321 e. The maximum atomic E-state index is 13.6. The summed E-state index contributed by atoms with van der Waals surface area (Å²) >= 11 is 0. The number of alkyl halides is 3. The number of amides is 1. The Balaban J connectivity index is 1.54. The highest BCUT2D eigenvalue weighted by Crippen LogP contribution is 2.48. The van der Waals surface area contributed by atoms with Gasteiger partial charge >= 0.3 is 6.18 Å². The molecular weight excluding hydrogens is 431 g/mol. The molecule has 5 rings (SSSR count). The van der Waals surface area contributed by atoms with E-state index in [1.54, 1.807) is 6.33 Å². The lowest BCUT2D eigenvalue weighted by molar-refractivity contribution is -0.138. The van der Waals surface area contributed by atoms with E-state index in [-0.39, 0.29) is 29.0 Å². The first-order valence-electron chi connectivity index (χ1n) is 10.9. The van der Waals surface area contributed by atoms with Gasteiger partial charge in [-0.15, -0.1) is 10.2 Å². The van der Waals surface area contributed by atoms with Gasteiger partial charge in [0.25, 0.3) is 5.91 Å². The van der Waals surface area contributed by atoms with E-state index >= 15 is 0 Å². The van der Waals surface area contributed by atoms with E-state index in [4.69, 9.17) is 4.98 Å². The molecule has 33 heavy (non-hydrogen) atoms. The van der Waals surface area contributed by atoms with Crippen LogP contribution in [0.2, 0.25) is 0 Å². The zero-order valence-corrected chi connectivity index (χ0v) is 18.6. The van der Waals surface area contributed by atoms with Gasteiger partial charge < -0.3 is 4.57 Å². The number of anilines is 1. The molecule has 1 aromatic carbocycles. The average Bonchev–Trinajstić information content (AvgIpc) is 3.26. The number of carbonyl (C=O) groups excluding carboxylic acids is 1. The first-order chi connectivity index (χ1) is 15.6. The van der Waals surface area contributed by atoms with Gasteiger partial charge in [0.1, 0.15) is 18.0 Å². The van der Waals surface area contributed by atoms with Gasteiger partial charge in [0.05, 0.1) is 12.1 Å². The fourth-order valence-corrected chi connectivity index (χ4v) is 4.38. The van der Waals surface area contributed by atoms with Crippen LogP contribution in [0, 0.1) is 0 Å². The third-order valence-corrected chi connectivity index (χ3v) is 6.87. The highest BCUT2D eigenvalue weighted by molar-refractivity contribution is 6.09. The van der Waals surface area contributed by atoms with Crippen LogP contribution in [0.25, 0.3) is 0 Å². The van der Waals surface area contributed by atoms with Crippen molar-refractivity contribution in [2.45, 2.75) is 57.2 Å². The van der Waals surface area contributed by atoms with Crippen LogP contribution in [0.4, 0.5) is 19.0 Å². The van der Waals surface area contributed by atoms with Crippen molar-refractivity contribution in [1.82, 2.24) is 19.7 Å². The molecule has 0 spiro atoms. The molecule has 0 radical (unpaired) electrons. The van der Waals surface area contributed by atoms with E-state index in [9.17, 15) is 18.0 Å². The summed E-state index contributed by atoms with van der Waals surface area (Å²) in [6, 6.07) is 7.65. The van der Waals surface area contributed by atoms with Crippen molar-refractivity contribution < 1.29 is 18.0 Å². The van der Waals surface area contributed by atoms with E-state index in [1.165, 1.54) is 17.0 Å². The first-order valence-corrected chi connectivity index (χ1v) is 10.9. The van der Waals surface area contributed by atoms with E-state index in [2.05, 4.69) is 30.1 Å². The summed E-state index contributed by atoms with van der Waals surface area (Å²) in [5.74, 6) is 0.837. The number of hydrogen-bond donors (Lipinski definition) is 0. The molecule has 172 valence electrons. The number of hydrogen-bond acceptors (Lipinski definition) is 4. The van der Waals surface area contributed by atoms with Gasteiger partial charge in [-0.1, -0.05) is 19.9 Å². The largest absolute Gasteiger partial charge is 0.416 e. The van der Waals surface area contributed by atoms with Crippen molar-refractivity contribution in [3.63, 3.8) is 0 Å². The maximum absolute atomic E-state index is 13.6. The Morgan fingerprint density at radius 1 is 1.21 bits per heavy atom. The molecule has 1 aliphatic heterocycles. The quantitative estimate of drug-likeness (QED) is 0.555. The second kappa shape index (κ2) is 7.40. The maximum Gasteiger partial charge on any atom is 0.416 e. The van der Waals surface area contributed by atoms with Crippen molar-refractivity contribution in [2.75, 3.05) is 4.90 Å². The molecule has 9 heteroatoms. The summed E-state index contributed by atoms with van der Waals surface area (Å²) in [5.41, 5.74) is 1.11. The number of halogens is 3. The minimum absolute atomic E-state index is 0.00789. The predicted octanol–water partition coefficient (Wildman–Crippen LogP) is 4.79. The van der Waals surface area contributed by atoms with Crippen molar-refractivity contribution in [3.05, 3.63) is 70.4 Å². The van der Waals surface area contributed by atoms with E-state index in [0.29, 0.717) is 12.2 Å². The Bertz CT molecular complexity index is 1250. The van der Waals surface area contributed by atoms with Gasteiger partial charge in [0.2, 0.25) is 0 Å². The molecule has 1 saturated carbocycles.